The fourth-order valence-corrected chi connectivity index (χ4v) is 3.38. The number of hydrogen-bond acceptors (Lipinski definition) is 7. The maximum Gasteiger partial charge on any atom is 0.251 e. The molecule has 0 saturated heterocycles. The van der Waals surface area contributed by atoms with Gasteiger partial charge in [-0.05, 0) is 48.0 Å². The van der Waals surface area contributed by atoms with Crippen LogP contribution >= 0.6 is 0 Å². The molecule has 33 heavy (non-hydrogen) atoms. The molecule has 8 heteroatoms. The van der Waals surface area contributed by atoms with Gasteiger partial charge < -0.3 is 23.9 Å². The summed E-state index contributed by atoms with van der Waals surface area (Å²) in [5.41, 5.74) is 2.82. The molecule has 4 aromatic rings. The van der Waals surface area contributed by atoms with E-state index in [2.05, 4.69) is 15.5 Å². The minimum atomic E-state index is -0.167. The van der Waals surface area contributed by atoms with Crippen molar-refractivity contribution in [3.05, 3.63) is 72.3 Å². The zero-order valence-electron chi connectivity index (χ0n) is 18.5. The Balaban J connectivity index is 1.49. The van der Waals surface area contributed by atoms with E-state index in [0.717, 1.165) is 5.56 Å². The van der Waals surface area contributed by atoms with Crippen molar-refractivity contribution in [2.24, 2.45) is 0 Å². The lowest BCUT2D eigenvalue weighted by Gasteiger charge is -2.10. The first-order valence-corrected chi connectivity index (χ1v) is 10.2. The Hall–Kier alpha value is -4.33. The smallest absolute Gasteiger partial charge is 0.251 e. The van der Waals surface area contributed by atoms with Crippen LogP contribution < -0.4 is 19.5 Å². The van der Waals surface area contributed by atoms with E-state index in [9.17, 15) is 4.79 Å². The minimum absolute atomic E-state index is 0.167. The van der Waals surface area contributed by atoms with Gasteiger partial charge in [0.1, 0.15) is 5.75 Å². The van der Waals surface area contributed by atoms with Crippen LogP contribution in [0.2, 0.25) is 0 Å². The van der Waals surface area contributed by atoms with Crippen LogP contribution in [0.5, 0.6) is 17.2 Å². The van der Waals surface area contributed by atoms with E-state index < -0.39 is 0 Å². The van der Waals surface area contributed by atoms with Crippen molar-refractivity contribution in [2.45, 2.75) is 6.42 Å². The van der Waals surface area contributed by atoms with Gasteiger partial charge in [-0.3, -0.25) is 4.79 Å². The first kappa shape index (κ1) is 21.9. The molecule has 0 aliphatic carbocycles. The summed E-state index contributed by atoms with van der Waals surface area (Å²) in [6.45, 7) is 0. The van der Waals surface area contributed by atoms with E-state index >= 15 is 0 Å². The first-order valence-electron chi connectivity index (χ1n) is 10.2. The van der Waals surface area contributed by atoms with Crippen LogP contribution in [0.25, 0.3) is 22.9 Å². The molecule has 4 rings (SSSR count). The lowest BCUT2D eigenvalue weighted by molar-refractivity contribution is -0.115. The number of amides is 1. The molecule has 8 nitrogen and oxygen atoms in total. The number of rotatable bonds is 8. The Bertz CT molecular complexity index is 1270. The lowest BCUT2D eigenvalue weighted by atomic mass is 10.1. The largest absolute Gasteiger partial charge is 0.496 e. The number of para-hydroxylation sites is 1. The number of nitrogens with zero attached hydrogens (tertiary/aromatic N) is 2. The molecule has 0 aliphatic heterocycles. The van der Waals surface area contributed by atoms with E-state index in [1.54, 1.807) is 45.6 Å². The summed E-state index contributed by atoms with van der Waals surface area (Å²) in [7, 11) is 4.72. The summed E-state index contributed by atoms with van der Waals surface area (Å²) in [5, 5.41) is 11.2. The number of methoxy groups -OCH3 is 3. The zero-order chi connectivity index (χ0) is 23.2. The molecule has 3 aromatic carbocycles. The van der Waals surface area contributed by atoms with Gasteiger partial charge in [0.05, 0.1) is 33.3 Å². The van der Waals surface area contributed by atoms with Gasteiger partial charge in [0.25, 0.3) is 5.89 Å². The van der Waals surface area contributed by atoms with E-state index in [1.165, 1.54) is 0 Å². The molecule has 1 heterocycles. The fourth-order valence-electron chi connectivity index (χ4n) is 3.38. The maximum absolute atomic E-state index is 12.6. The van der Waals surface area contributed by atoms with E-state index in [0.29, 0.717) is 45.8 Å². The van der Waals surface area contributed by atoms with Crippen molar-refractivity contribution < 1.29 is 23.4 Å². The normalized spacial score (nSPS) is 10.5. The van der Waals surface area contributed by atoms with Crippen LogP contribution in [0.4, 0.5) is 5.69 Å². The van der Waals surface area contributed by atoms with Crippen LogP contribution in [0, 0.1) is 0 Å². The molecule has 0 saturated carbocycles. The third-order valence-electron chi connectivity index (χ3n) is 4.97. The molecule has 0 spiro atoms. The highest BCUT2D eigenvalue weighted by Gasteiger charge is 2.15. The van der Waals surface area contributed by atoms with Crippen molar-refractivity contribution >= 4 is 11.6 Å². The number of carbonyl (C=O) groups is 1. The third-order valence-corrected chi connectivity index (χ3v) is 4.97. The first-order chi connectivity index (χ1) is 16.1. The summed E-state index contributed by atoms with van der Waals surface area (Å²) in [4.78, 5) is 12.6. The highest BCUT2D eigenvalue weighted by Crippen LogP contribution is 2.31. The zero-order valence-corrected chi connectivity index (χ0v) is 18.5. The number of aromatic nitrogens is 2. The molecule has 1 aromatic heterocycles. The maximum atomic E-state index is 12.6. The second-order valence-corrected chi connectivity index (χ2v) is 7.11. The highest BCUT2D eigenvalue weighted by atomic mass is 16.5. The third kappa shape index (κ3) is 4.95. The highest BCUT2D eigenvalue weighted by molar-refractivity contribution is 5.92. The number of carbonyl (C=O) groups excluding carboxylic acids is 1. The van der Waals surface area contributed by atoms with Crippen molar-refractivity contribution in [2.75, 3.05) is 26.6 Å². The fraction of sp³-hybridized carbons (Fsp3) is 0.160. The van der Waals surface area contributed by atoms with E-state index in [-0.39, 0.29) is 12.3 Å². The number of nitrogens with one attached hydrogen (secondary N) is 1. The van der Waals surface area contributed by atoms with Crippen LogP contribution in [0.15, 0.2) is 71.1 Å². The quantitative estimate of drug-likeness (QED) is 0.423. The Morgan fingerprint density at radius 1 is 0.818 bits per heavy atom. The van der Waals surface area contributed by atoms with Gasteiger partial charge in [-0.15, -0.1) is 10.2 Å². The number of hydrogen-bond donors (Lipinski definition) is 1. The number of ether oxygens (including phenoxy) is 3. The molecule has 168 valence electrons. The summed E-state index contributed by atoms with van der Waals surface area (Å²) in [5.74, 6) is 2.36. The van der Waals surface area contributed by atoms with Crippen LogP contribution in [-0.4, -0.2) is 37.4 Å². The van der Waals surface area contributed by atoms with Gasteiger partial charge in [0.15, 0.2) is 11.5 Å². The molecule has 1 amide bonds. The Morgan fingerprint density at radius 2 is 1.58 bits per heavy atom. The average Bonchev–Trinajstić information content (AvgIpc) is 3.34. The van der Waals surface area contributed by atoms with Gasteiger partial charge >= 0.3 is 0 Å². The predicted molar refractivity (Wildman–Crippen MR) is 124 cm³/mol. The van der Waals surface area contributed by atoms with Crippen molar-refractivity contribution in [1.82, 2.24) is 10.2 Å². The lowest BCUT2D eigenvalue weighted by Crippen LogP contribution is -2.14. The van der Waals surface area contributed by atoms with E-state index in [4.69, 9.17) is 18.6 Å². The Labute approximate surface area is 191 Å². The van der Waals surface area contributed by atoms with Crippen molar-refractivity contribution in [3.8, 4) is 40.2 Å². The van der Waals surface area contributed by atoms with Gasteiger partial charge in [0, 0.05) is 11.3 Å². The molecule has 0 atom stereocenters. The van der Waals surface area contributed by atoms with Crippen LogP contribution in [0.3, 0.4) is 0 Å². The molecule has 0 unspecified atom stereocenters. The second kappa shape index (κ2) is 9.86. The molecule has 0 bridgehead atoms. The Kier molecular flexibility index (Phi) is 6.54. The molecule has 0 fully saturated rings. The van der Waals surface area contributed by atoms with Gasteiger partial charge in [-0.2, -0.15) is 0 Å². The monoisotopic (exact) mass is 445 g/mol. The average molecular weight is 445 g/mol. The molecule has 0 radical (unpaired) electrons. The van der Waals surface area contributed by atoms with Crippen molar-refractivity contribution in [3.63, 3.8) is 0 Å². The topological polar surface area (TPSA) is 95.7 Å². The molecule has 0 aliphatic rings. The standard InChI is InChI=1S/C25H23N3O5/c1-30-20-10-5-4-9-19(20)25-28-27-24(33-25)17-7-6-8-18(15-17)26-23(29)14-16-11-12-21(31-2)22(13-16)32-3/h4-13,15H,14H2,1-3H3,(H,26,29). The van der Waals surface area contributed by atoms with Gasteiger partial charge in [-0.1, -0.05) is 24.3 Å². The minimum Gasteiger partial charge on any atom is -0.496 e. The van der Waals surface area contributed by atoms with Crippen molar-refractivity contribution in [1.29, 1.82) is 0 Å². The van der Waals surface area contributed by atoms with E-state index in [1.807, 2.05) is 42.5 Å². The number of benzene rings is 3. The van der Waals surface area contributed by atoms with Gasteiger partial charge in [-0.25, -0.2) is 0 Å². The Morgan fingerprint density at radius 3 is 2.36 bits per heavy atom. The summed E-state index contributed by atoms with van der Waals surface area (Å²) in [6.07, 6.45) is 0.184. The molecule has 1 N–H and O–H groups in total. The summed E-state index contributed by atoms with van der Waals surface area (Å²) in [6, 6.07) is 20.0. The van der Waals surface area contributed by atoms with Crippen LogP contribution in [0.1, 0.15) is 5.56 Å². The molecular formula is C25H23N3O5. The number of anilines is 1. The summed E-state index contributed by atoms with van der Waals surface area (Å²) >= 11 is 0. The second-order valence-electron chi connectivity index (χ2n) is 7.11. The van der Waals surface area contributed by atoms with Crippen LogP contribution in [-0.2, 0) is 11.2 Å². The molecular weight excluding hydrogens is 422 g/mol. The predicted octanol–water partition coefficient (Wildman–Crippen LogP) is 4.61. The SMILES string of the molecule is COc1ccc(CC(=O)Nc2cccc(-c3nnc(-c4ccccc4OC)o3)c2)cc1OC. The summed E-state index contributed by atoms with van der Waals surface area (Å²) < 4.78 is 21.8. The van der Waals surface area contributed by atoms with Gasteiger partial charge in [0.2, 0.25) is 11.8 Å².